The number of carbonyl (C=O) groups excluding carboxylic acids is 1. The quantitative estimate of drug-likeness (QED) is 0.518. The van der Waals surface area contributed by atoms with Crippen molar-refractivity contribution in [3.63, 3.8) is 0 Å². The Morgan fingerprint density at radius 1 is 1.00 bits per heavy atom. The minimum Gasteiger partial charge on any atom is -0.361 e. The van der Waals surface area contributed by atoms with Gasteiger partial charge in [0.1, 0.15) is 11.0 Å². The maximum Gasteiger partial charge on any atom is 0.240 e. The third-order valence-corrected chi connectivity index (χ3v) is 7.04. The molecule has 0 spiro atoms. The second-order valence-electron chi connectivity index (χ2n) is 7.98. The van der Waals surface area contributed by atoms with E-state index in [0.717, 1.165) is 61.1 Å². The van der Waals surface area contributed by atoms with Crippen molar-refractivity contribution in [2.24, 2.45) is 0 Å². The third kappa shape index (κ3) is 5.38. The van der Waals surface area contributed by atoms with Gasteiger partial charge in [-0.25, -0.2) is 0 Å². The van der Waals surface area contributed by atoms with Gasteiger partial charge < -0.3 is 9.42 Å². The van der Waals surface area contributed by atoms with Crippen LogP contribution in [0.3, 0.4) is 0 Å². The molecular weight excluding hydrogens is 406 g/mol. The molecule has 1 fully saturated rings. The first-order valence-corrected chi connectivity index (χ1v) is 11.7. The van der Waals surface area contributed by atoms with Gasteiger partial charge in [0.05, 0.1) is 5.69 Å². The van der Waals surface area contributed by atoms with Gasteiger partial charge in [-0.1, -0.05) is 53.7 Å². The molecule has 31 heavy (non-hydrogen) atoms. The van der Waals surface area contributed by atoms with E-state index in [0.29, 0.717) is 0 Å². The number of rotatable bonds is 6. The van der Waals surface area contributed by atoms with Crippen molar-refractivity contribution in [3.8, 4) is 0 Å². The Morgan fingerprint density at radius 3 is 2.39 bits per heavy atom. The second-order valence-corrected chi connectivity index (χ2v) is 9.16. The van der Waals surface area contributed by atoms with E-state index in [2.05, 4.69) is 34.3 Å². The molecule has 162 valence electrons. The highest BCUT2D eigenvalue weighted by molar-refractivity contribution is 8.00. The SMILES string of the molecule is Cc1noc(C)c1CN1CCCN(C(=O)C(Sc2ccccc2)c2ccccc2)CC1. The van der Waals surface area contributed by atoms with Gasteiger partial charge in [-0.05, 0) is 38.0 Å². The number of benzene rings is 2. The van der Waals surface area contributed by atoms with Crippen molar-refractivity contribution in [1.82, 2.24) is 15.0 Å². The van der Waals surface area contributed by atoms with Crippen LogP contribution in [0.15, 0.2) is 70.1 Å². The summed E-state index contributed by atoms with van der Waals surface area (Å²) in [4.78, 5) is 19.2. The van der Waals surface area contributed by atoms with E-state index in [-0.39, 0.29) is 11.2 Å². The molecule has 0 bridgehead atoms. The number of thioether (sulfide) groups is 1. The van der Waals surface area contributed by atoms with Crippen LogP contribution in [-0.4, -0.2) is 47.0 Å². The zero-order chi connectivity index (χ0) is 21.6. The summed E-state index contributed by atoms with van der Waals surface area (Å²) in [6, 6.07) is 20.3. The summed E-state index contributed by atoms with van der Waals surface area (Å²) in [5.41, 5.74) is 3.18. The van der Waals surface area contributed by atoms with Crippen molar-refractivity contribution in [3.05, 3.63) is 83.2 Å². The fourth-order valence-electron chi connectivity index (χ4n) is 3.99. The molecule has 0 radical (unpaired) electrons. The Labute approximate surface area is 188 Å². The molecule has 1 aliphatic rings. The van der Waals surface area contributed by atoms with Crippen molar-refractivity contribution in [2.45, 2.75) is 37.0 Å². The van der Waals surface area contributed by atoms with Gasteiger partial charge in [0.25, 0.3) is 0 Å². The summed E-state index contributed by atoms with van der Waals surface area (Å²) in [5, 5.41) is 3.84. The van der Waals surface area contributed by atoms with Gasteiger partial charge in [-0.2, -0.15) is 0 Å². The molecule has 1 saturated heterocycles. The maximum absolute atomic E-state index is 13.6. The highest BCUT2D eigenvalue weighted by Gasteiger charge is 2.28. The molecule has 1 unspecified atom stereocenters. The zero-order valence-corrected chi connectivity index (χ0v) is 19.0. The Bertz CT molecular complexity index is 971. The first kappa shape index (κ1) is 21.7. The first-order valence-electron chi connectivity index (χ1n) is 10.8. The van der Waals surface area contributed by atoms with Crippen LogP contribution in [0.4, 0.5) is 0 Å². The molecule has 0 aliphatic carbocycles. The Kier molecular flexibility index (Phi) is 7.10. The molecule has 1 aromatic heterocycles. The average molecular weight is 436 g/mol. The van der Waals surface area contributed by atoms with Crippen LogP contribution in [0.5, 0.6) is 0 Å². The smallest absolute Gasteiger partial charge is 0.240 e. The Hall–Kier alpha value is -2.57. The summed E-state index contributed by atoms with van der Waals surface area (Å²) in [7, 11) is 0. The third-order valence-electron chi connectivity index (χ3n) is 5.79. The number of aryl methyl sites for hydroxylation is 2. The molecule has 2 aromatic carbocycles. The minimum absolute atomic E-state index is 0.194. The van der Waals surface area contributed by atoms with E-state index in [1.165, 1.54) is 5.56 Å². The average Bonchev–Trinajstić information content (AvgIpc) is 2.98. The predicted molar refractivity (Wildman–Crippen MR) is 124 cm³/mol. The van der Waals surface area contributed by atoms with Gasteiger partial charge in [0, 0.05) is 43.2 Å². The topological polar surface area (TPSA) is 49.6 Å². The van der Waals surface area contributed by atoms with Crippen LogP contribution in [0.1, 0.15) is 34.3 Å². The molecule has 5 nitrogen and oxygen atoms in total. The van der Waals surface area contributed by atoms with Crippen molar-refractivity contribution >= 4 is 17.7 Å². The largest absolute Gasteiger partial charge is 0.361 e. The van der Waals surface area contributed by atoms with Crippen LogP contribution in [0, 0.1) is 13.8 Å². The number of hydrogen-bond acceptors (Lipinski definition) is 5. The Balaban J connectivity index is 1.47. The molecule has 3 aromatic rings. The van der Waals surface area contributed by atoms with Crippen LogP contribution in [0.25, 0.3) is 0 Å². The normalized spacial score (nSPS) is 16.1. The van der Waals surface area contributed by atoms with E-state index < -0.39 is 0 Å². The molecule has 1 amide bonds. The summed E-state index contributed by atoms with van der Waals surface area (Å²) in [5.74, 6) is 1.08. The van der Waals surface area contributed by atoms with Gasteiger partial charge >= 0.3 is 0 Å². The van der Waals surface area contributed by atoms with Crippen LogP contribution in [0.2, 0.25) is 0 Å². The molecule has 4 rings (SSSR count). The van der Waals surface area contributed by atoms with Gasteiger partial charge in [0.15, 0.2) is 0 Å². The molecule has 6 heteroatoms. The van der Waals surface area contributed by atoms with E-state index in [1.807, 2.05) is 55.1 Å². The monoisotopic (exact) mass is 435 g/mol. The Morgan fingerprint density at radius 2 is 1.71 bits per heavy atom. The molecule has 0 N–H and O–H groups in total. The molecule has 1 atom stereocenters. The number of amides is 1. The fraction of sp³-hybridized carbons (Fsp3) is 0.360. The predicted octanol–water partition coefficient (Wildman–Crippen LogP) is 4.86. The fourth-order valence-corrected chi connectivity index (χ4v) is 5.12. The van der Waals surface area contributed by atoms with Crippen LogP contribution < -0.4 is 0 Å². The summed E-state index contributed by atoms with van der Waals surface area (Å²) < 4.78 is 5.32. The first-order chi connectivity index (χ1) is 15.1. The molecule has 1 aliphatic heterocycles. The van der Waals surface area contributed by atoms with E-state index >= 15 is 0 Å². The number of carbonyl (C=O) groups is 1. The van der Waals surface area contributed by atoms with Crippen molar-refractivity contribution in [2.75, 3.05) is 26.2 Å². The molecule has 2 heterocycles. The summed E-state index contributed by atoms with van der Waals surface area (Å²) in [6.45, 7) is 8.13. The van der Waals surface area contributed by atoms with Gasteiger partial charge in [0.2, 0.25) is 5.91 Å². The maximum atomic E-state index is 13.6. The lowest BCUT2D eigenvalue weighted by atomic mass is 10.1. The highest BCUT2D eigenvalue weighted by Crippen LogP contribution is 2.36. The number of nitrogens with zero attached hydrogens (tertiary/aromatic N) is 3. The van der Waals surface area contributed by atoms with Crippen LogP contribution in [-0.2, 0) is 11.3 Å². The summed E-state index contributed by atoms with van der Waals surface area (Å²) in [6.07, 6.45) is 0.965. The lowest BCUT2D eigenvalue weighted by molar-refractivity contribution is -0.130. The molecular formula is C25H29N3O2S. The minimum atomic E-state index is -0.238. The van der Waals surface area contributed by atoms with Gasteiger partial charge in [-0.3, -0.25) is 9.69 Å². The van der Waals surface area contributed by atoms with E-state index in [9.17, 15) is 4.79 Å². The van der Waals surface area contributed by atoms with Crippen LogP contribution >= 0.6 is 11.8 Å². The lowest BCUT2D eigenvalue weighted by Gasteiger charge is -2.26. The summed E-state index contributed by atoms with van der Waals surface area (Å²) >= 11 is 1.63. The zero-order valence-electron chi connectivity index (χ0n) is 18.2. The number of hydrogen-bond donors (Lipinski definition) is 0. The highest BCUT2D eigenvalue weighted by atomic mass is 32.2. The standard InChI is InChI=1S/C25H29N3O2S/c1-19-23(20(2)30-26-19)18-27-14-9-15-28(17-16-27)25(29)24(21-10-5-3-6-11-21)31-22-12-7-4-8-13-22/h3-8,10-13,24H,9,14-18H2,1-2H3. The number of aromatic nitrogens is 1. The van der Waals surface area contributed by atoms with Gasteiger partial charge in [-0.15, -0.1) is 11.8 Å². The van der Waals surface area contributed by atoms with E-state index in [1.54, 1.807) is 11.8 Å². The van der Waals surface area contributed by atoms with E-state index in [4.69, 9.17) is 4.52 Å². The van der Waals surface area contributed by atoms with Crippen molar-refractivity contribution < 1.29 is 9.32 Å². The molecule has 0 saturated carbocycles. The van der Waals surface area contributed by atoms with Crippen molar-refractivity contribution in [1.29, 1.82) is 0 Å². The lowest BCUT2D eigenvalue weighted by Crippen LogP contribution is -2.37. The second kappa shape index (κ2) is 10.2.